The lowest BCUT2D eigenvalue weighted by Gasteiger charge is -2.34. The second kappa shape index (κ2) is 8.33. The fourth-order valence-electron chi connectivity index (χ4n) is 3.03. The van der Waals surface area contributed by atoms with Gasteiger partial charge in [0.25, 0.3) is 0 Å². The first-order chi connectivity index (χ1) is 12.2. The van der Waals surface area contributed by atoms with Gasteiger partial charge in [0.2, 0.25) is 5.91 Å². The minimum atomic E-state index is -0.0682. The Bertz CT molecular complexity index is 731. The molecule has 1 N–H and O–H groups in total. The number of nitrogens with zero attached hydrogens (tertiary/aromatic N) is 2. The molecular weight excluding hydrogens is 314 g/mol. The Balaban J connectivity index is 1.57. The van der Waals surface area contributed by atoms with E-state index < -0.39 is 0 Å². The van der Waals surface area contributed by atoms with Crippen molar-refractivity contribution in [2.75, 3.05) is 25.1 Å². The quantitative estimate of drug-likeness (QED) is 0.853. The molecule has 0 radical (unpaired) electrons. The number of carbonyl (C=O) groups is 1. The fourth-order valence-corrected chi connectivity index (χ4v) is 3.03. The number of methoxy groups -OCH3 is 1. The van der Waals surface area contributed by atoms with Gasteiger partial charge in [-0.3, -0.25) is 9.78 Å². The Morgan fingerprint density at radius 2 is 2.28 bits per heavy atom. The van der Waals surface area contributed by atoms with Crippen molar-refractivity contribution < 1.29 is 9.53 Å². The van der Waals surface area contributed by atoms with Gasteiger partial charge >= 0.3 is 0 Å². The summed E-state index contributed by atoms with van der Waals surface area (Å²) in [6.45, 7) is 1.80. The smallest absolute Gasteiger partial charge is 0.244 e. The lowest BCUT2D eigenvalue weighted by Crippen LogP contribution is -2.47. The number of hydrogen-bond donors (Lipinski definition) is 1. The highest BCUT2D eigenvalue weighted by Gasteiger charge is 2.21. The molecule has 5 nitrogen and oxygen atoms in total. The van der Waals surface area contributed by atoms with Crippen molar-refractivity contribution in [1.82, 2.24) is 10.3 Å². The lowest BCUT2D eigenvalue weighted by atomic mass is 10.0. The van der Waals surface area contributed by atoms with Crippen molar-refractivity contribution in [3.05, 3.63) is 60.4 Å². The van der Waals surface area contributed by atoms with Crippen LogP contribution in [-0.4, -0.2) is 37.1 Å². The molecule has 0 bridgehead atoms. The van der Waals surface area contributed by atoms with Crippen molar-refractivity contribution in [1.29, 1.82) is 0 Å². The monoisotopic (exact) mass is 337 g/mol. The molecular formula is C20H23N3O2. The predicted molar refractivity (Wildman–Crippen MR) is 99.6 cm³/mol. The summed E-state index contributed by atoms with van der Waals surface area (Å²) in [4.78, 5) is 18.5. The summed E-state index contributed by atoms with van der Waals surface area (Å²) in [6.07, 6.45) is 8.84. The summed E-state index contributed by atoms with van der Waals surface area (Å²) >= 11 is 0. The lowest BCUT2D eigenvalue weighted by molar-refractivity contribution is -0.117. The average molecular weight is 337 g/mol. The van der Waals surface area contributed by atoms with Gasteiger partial charge in [-0.1, -0.05) is 12.1 Å². The SMILES string of the molecule is COc1cccc(N2CCCC(NC(=O)/C=C/c3cccnc3)C2)c1. The van der Waals surface area contributed by atoms with Gasteiger partial charge in [-0.2, -0.15) is 0 Å². The number of nitrogens with one attached hydrogen (secondary N) is 1. The van der Waals surface area contributed by atoms with E-state index in [4.69, 9.17) is 4.74 Å². The number of aromatic nitrogens is 1. The molecule has 1 amide bonds. The molecule has 0 aliphatic carbocycles. The van der Waals surface area contributed by atoms with Crippen LogP contribution in [0.15, 0.2) is 54.9 Å². The third-order valence-electron chi connectivity index (χ3n) is 4.30. The first-order valence-electron chi connectivity index (χ1n) is 8.52. The molecule has 1 aliphatic heterocycles. The highest BCUT2D eigenvalue weighted by molar-refractivity contribution is 5.91. The number of pyridine rings is 1. The molecule has 25 heavy (non-hydrogen) atoms. The largest absolute Gasteiger partial charge is 0.497 e. The zero-order valence-electron chi connectivity index (χ0n) is 14.4. The van der Waals surface area contributed by atoms with Crippen LogP contribution in [0.2, 0.25) is 0 Å². The van der Waals surface area contributed by atoms with Crippen LogP contribution in [0.1, 0.15) is 18.4 Å². The van der Waals surface area contributed by atoms with E-state index in [1.807, 2.05) is 30.3 Å². The molecule has 0 spiro atoms. The van der Waals surface area contributed by atoms with E-state index in [1.165, 1.54) is 0 Å². The molecule has 130 valence electrons. The summed E-state index contributed by atoms with van der Waals surface area (Å²) in [5.74, 6) is 0.782. The summed E-state index contributed by atoms with van der Waals surface area (Å²) in [6, 6.07) is 12.0. The minimum absolute atomic E-state index is 0.0682. The van der Waals surface area contributed by atoms with Crippen LogP contribution in [0.3, 0.4) is 0 Å². The molecule has 1 unspecified atom stereocenters. The van der Waals surface area contributed by atoms with Crippen LogP contribution in [0, 0.1) is 0 Å². The van der Waals surface area contributed by atoms with Crippen LogP contribution >= 0.6 is 0 Å². The maximum atomic E-state index is 12.2. The van der Waals surface area contributed by atoms with Crippen LogP contribution in [0.25, 0.3) is 6.08 Å². The van der Waals surface area contributed by atoms with E-state index in [0.717, 1.165) is 42.9 Å². The molecule has 2 heterocycles. The van der Waals surface area contributed by atoms with Crippen molar-refractivity contribution in [3.63, 3.8) is 0 Å². The number of amides is 1. The molecule has 1 aromatic heterocycles. The van der Waals surface area contributed by atoms with Crippen molar-refractivity contribution in [2.24, 2.45) is 0 Å². The maximum Gasteiger partial charge on any atom is 0.244 e. The highest BCUT2D eigenvalue weighted by atomic mass is 16.5. The van der Waals surface area contributed by atoms with E-state index in [2.05, 4.69) is 21.3 Å². The number of ether oxygens (including phenoxy) is 1. The van der Waals surface area contributed by atoms with Crippen LogP contribution in [0.5, 0.6) is 5.75 Å². The molecule has 1 saturated heterocycles. The van der Waals surface area contributed by atoms with Crippen LogP contribution in [-0.2, 0) is 4.79 Å². The van der Waals surface area contributed by atoms with Gasteiger partial charge in [0.15, 0.2) is 0 Å². The number of hydrogen-bond acceptors (Lipinski definition) is 4. The second-order valence-electron chi connectivity index (χ2n) is 6.11. The molecule has 0 saturated carbocycles. The third-order valence-corrected chi connectivity index (χ3v) is 4.30. The summed E-state index contributed by atoms with van der Waals surface area (Å²) in [5.41, 5.74) is 2.04. The minimum Gasteiger partial charge on any atom is -0.497 e. The Morgan fingerprint density at radius 3 is 3.08 bits per heavy atom. The molecule has 5 heteroatoms. The second-order valence-corrected chi connectivity index (χ2v) is 6.11. The highest BCUT2D eigenvalue weighted by Crippen LogP contribution is 2.24. The number of carbonyl (C=O) groups excluding carboxylic acids is 1. The Hall–Kier alpha value is -2.82. The van der Waals surface area contributed by atoms with E-state index in [1.54, 1.807) is 31.7 Å². The van der Waals surface area contributed by atoms with Crippen LogP contribution < -0.4 is 15.0 Å². The van der Waals surface area contributed by atoms with Gasteiger partial charge in [0, 0.05) is 49.4 Å². The number of anilines is 1. The maximum absolute atomic E-state index is 12.2. The summed E-state index contributed by atoms with van der Waals surface area (Å²) < 4.78 is 5.30. The number of benzene rings is 1. The molecule has 1 aromatic carbocycles. The van der Waals surface area contributed by atoms with Gasteiger partial charge in [-0.05, 0) is 42.7 Å². The summed E-state index contributed by atoms with van der Waals surface area (Å²) in [5, 5.41) is 3.10. The summed E-state index contributed by atoms with van der Waals surface area (Å²) in [7, 11) is 1.67. The van der Waals surface area contributed by atoms with E-state index in [0.29, 0.717) is 0 Å². The van der Waals surface area contributed by atoms with Gasteiger partial charge in [-0.25, -0.2) is 0 Å². The van der Waals surface area contributed by atoms with Gasteiger partial charge in [-0.15, -0.1) is 0 Å². The first kappa shape index (κ1) is 17.0. The van der Waals surface area contributed by atoms with Crippen molar-refractivity contribution in [2.45, 2.75) is 18.9 Å². The predicted octanol–water partition coefficient (Wildman–Crippen LogP) is 2.89. The number of rotatable bonds is 5. The van der Waals surface area contributed by atoms with E-state index in [9.17, 15) is 4.79 Å². The van der Waals surface area contributed by atoms with Gasteiger partial charge in [0.1, 0.15) is 5.75 Å². The fraction of sp³-hybridized carbons (Fsp3) is 0.300. The zero-order chi connectivity index (χ0) is 17.5. The number of piperidine rings is 1. The van der Waals surface area contributed by atoms with Crippen molar-refractivity contribution >= 4 is 17.7 Å². The Kier molecular flexibility index (Phi) is 5.67. The Labute approximate surface area is 148 Å². The van der Waals surface area contributed by atoms with Crippen molar-refractivity contribution in [3.8, 4) is 5.75 Å². The van der Waals surface area contributed by atoms with E-state index in [-0.39, 0.29) is 11.9 Å². The molecule has 1 aliphatic rings. The standard InChI is InChI=1S/C20H23N3O2/c1-25-19-8-2-7-18(13-19)23-12-4-6-17(15-23)22-20(24)10-9-16-5-3-11-21-14-16/h2-3,5,7-11,13-14,17H,4,6,12,15H2,1H3,(H,22,24)/b10-9+. The third kappa shape index (κ3) is 4.83. The molecule has 3 rings (SSSR count). The molecule has 1 atom stereocenters. The van der Waals surface area contributed by atoms with Gasteiger partial charge in [0.05, 0.1) is 7.11 Å². The topological polar surface area (TPSA) is 54.5 Å². The average Bonchev–Trinajstić information content (AvgIpc) is 2.67. The Morgan fingerprint density at radius 1 is 1.36 bits per heavy atom. The molecule has 1 fully saturated rings. The normalized spacial score (nSPS) is 17.5. The first-order valence-corrected chi connectivity index (χ1v) is 8.52. The van der Waals surface area contributed by atoms with Gasteiger partial charge < -0.3 is 15.0 Å². The zero-order valence-corrected chi connectivity index (χ0v) is 14.4. The van der Waals surface area contributed by atoms with Crippen LogP contribution in [0.4, 0.5) is 5.69 Å². The van der Waals surface area contributed by atoms with E-state index >= 15 is 0 Å². The molecule has 2 aromatic rings.